The molecule has 2 rings (SSSR count). The van der Waals surface area contributed by atoms with Gasteiger partial charge in [-0.3, -0.25) is 4.79 Å². The van der Waals surface area contributed by atoms with E-state index >= 15 is 0 Å². The molecule has 2 aromatic rings. The molecule has 1 N–H and O–H groups in total. The Morgan fingerprint density at radius 1 is 1.18 bits per heavy atom. The molecule has 0 heterocycles. The summed E-state index contributed by atoms with van der Waals surface area (Å²) in [6.45, 7) is 1.31. The maximum absolute atomic E-state index is 12.1. The molecule has 0 fully saturated rings. The van der Waals surface area contributed by atoms with Gasteiger partial charge in [0.1, 0.15) is 12.4 Å². The molecule has 0 aliphatic carbocycles. The Morgan fingerprint density at radius 3 is 2.45 bits per heavy atom. The first kappa shape index (κ1) is 15.9. The zero-order valence-electron chi connectivity index (χ0n) is 11.8. The van der Waals surface area contributed by atoms with Crippen molar-refractivity contribution in [1.82, 2.24) is 0 Å². The van der Waals surface area contributed by atoms with Gasteiger partial charge in [-0.1, -0.05) is 11.6 Å². The maximum atomic E-state index is 12.1. The molecule has 0 spiro atoms. The van der Waals surface area contributed by atoms with Gasteiger partial charge in [-0.05, 0) is 55.0 Å². The van der Waals surface area contributed by atoms with Gasteiger partial charge in [0.15, 0.2) is 0 Å². The van der Waals surface area contributed by atoms with Gasteiger partial charge in [-0.15, -0.1) is 0 Å². The minimum atomic E-state index is -1.31. The van der Waals surface area contributed by atoms with E-state index in [0.717, 1.165) is 5.56 Å². The van der Waals surface area contributed by atoms with E-state index in [0.29, 0.717) is 22.0 Å². The number of amides is 1. The van der Waals surface area contributed by atoms with Crippen LogP contribution in [0.1, 0.15) is 15.9 Å². The highest BCUT2D eigenvalue weighted by Gasteiger charge is 2.08. The molecule has 22 heavy (non-hydrogen) atoms. The maximum Gasteiger partial charge on any atom is 0.255 e. The van der Waals surface area contributed by atoms with Crippen molar-refractivity contribution in [3.63, 3.8) is 0 Å². The monoisotopic (exact) mass is 318 g/mol. The third-order valence-electron chi connectivity index (χ3n) is 2.91. The number of ether oxygens (including phenoxy) is 1. The van der Waals surface area contributed by atoms with E-state index in [1.165, 1.54) is 12.1 Å². The highest BCUT2D eigenvalue weighted by molar-refractivity contribution is 6.30. The second kappa shape index (κ2) is 6.95. The van der Waals surface area contributed by atoms with Crippen molar-refractivity contribution in [2.75, 3.05) is 11.9 Å². The molecule has 0 radical (unpaired) electrons. The van der Waals surface area contributed by atoms with Crippen molar-refractivity contribution in [1.29, 1.82) is 0 Å². The fourth-order valence-corrected chi connectivity index (χ4v) is 2.03. The molecule has 5 nitrogen and oxygen atoms in total. The highest BCUT2D eigenvalue weighted by Crippen LogP contribution is 2.20. The van der Waals surface area contributed by atoms with Gasteiger partial charge >= 0.3 is 0 Å². The van der Waals surface area contributed by atoms with Crippen LogP contribution in [0.15, 0.2) is 42.5 Å². The molecule has 114 valence electrons. The summed E-state index contributed by atoms with van der Waals surface area (Å²) in [7, 11) is 0. The summed E-state index contributed by atoms with van der Waals surface area (Å²) >= 11 is 5.87. The second-order valence-electron chi connectivity index (χ2n) is 4.60. The van der Waals surface area contributed by atoms with Crippen molar-refractivity contribution < 1.29 is 19.4 Å². The summed E-state index contributed by atoms with van der Waals surface area (Å²) in [6, 6.07) is 11.3. The molecule has 0 saturated carbocycles. The molecule has 2 aromatic carbocycles. The van der Waals surface area contributed by atoms with E-state index in [2.05, 4.69) is 5.32 Å². The molecule has 0 saturated heterocycles. The first-order valence-corrected chi connectivity index (χ1v) is 6.84. The van der Waals surface area contributed by atoms with Crippen LogP contribution in [-0.2, 0) is 4.79 Å². The summed E-state index contributed by atoms with van der Waals surface area (Å²) in [5, 5.41) is 13.7. The van der Waals surface area contributed by atoms with Gasteiger partial charge in [-0.25, -0.2) is 0 Å². The number of carbonyl (C=O) groups excluding carboxylic acids is 2. The van der Waals surface area contributed by atoms with E-state index in [-0.39, 0.29) is 5.91 Å². The minimum absolute atomic E-state index is 0.281. The lowest BCUT2D eigenvalue weighted by molar-refractivity contribution is -0.307. The van der Waals surface area contributed by atoms with Crippen LogP contribution in [0.2, 0.25) is 5.02 Å². The molecular formula is C16H13ClNO4-. The third kappa shape index (κ3) is 4.23. The Kier molecular flexibility index (Phi) is 5.01. The summed E-state index contributed by atoms with van der Waals surface area (Å²) in [6.07, 6.45) is 0. The second-order valence-corrected chi connectivity index (χ2v) is 5.03. The molecule has 0 aliphatic rings. The van der Waals surface area contributed by atoms with E-state index in [1.54, 1.807) is 30.3 Å². The Labute approximate surface area is 132 Å². The number of carboxylic acids is 1. The Morgan fingerprint density at radius 2 is 1.86 bits per heavy atom. The number of anilines is 1. The lowest BCUT2D eigenvalue weighted by Gasteiger charge is -2.10. The van der Waals surface area contributed by atoms with E-state index < -0.39 is 12.6 Å². The van der Waals surface area contributed by atoms with Gasteiger partial charge in [0, 0.05) is 16.3 Å². The lowest BCUT2D eigenvalue weighted by atomic mass is 10.1. The van der Waals surface area contributed by atoms with Gasteiger partial charge < -0.3 is 20.0 Å². The zero-order chi connectivity index (χ0) is 16.1. The van der Waals surface area contributed by atoms with Crippen LogP contribution in [0.25, 0.3) is 0 Å². The number of rotatable bonds is 5. The van der Waals surface area contributed by atoms with Crippen LogP contribution in [0, 0.1) is 6.92 Å². The number of nitrogens with one attached hydrogen (secondary N) is 1. The van der Waals surface area contributed by atoms with Crippen LogP contribution in [0.3, 0.4) is 0 Å². The normalized spacial score (nSPS) is 10.1. The predicted molar refractivity (Wildman–Crippen MR) is 81.1 cm³/mol. The first-order chi connectivity index (χ1) is 10.5. The largest absolute Gasteiger partial charge is 0.546 e. The molecule has 0 aliphatic heterocycles. The number of carbonyl (C=O) groups is 2. The molecule has 1 amide bonds. The van der Waals surface area contributed by atoms with E-state index in [4.69, 9.17) is 16.3 Å². The third-order valence-corrected chi connectivity index (χ3v) is 3.14. The SMILES string of the molecule is Cc1cc(Cl)ccc1NC(=O)c1ccc(OCC(=O)[O-])cc1. The van der Waals surface area contributed by atoms with Crippen LogP contribution < -0.4 is 15.2 Å². The van der Waals surface area contributed by atoms with E-state index in [1.807, 2.05) is 6.92 Å². The number of hydrogen-bond donors (Lipinski definition) is 1. The molecule has 6 heteroatoms. The van der Waals surface area contributed by atoms with E-state index in [9.17, 15) is 14.7 Å². The van der Waals surface area contributed by atoms with Crippen molar-refractivity contribution in [2.45, 2.75) is 6.92 Å². The average molecular weight is 319 g/mol. The Bertz CT molecular complexity index is 698. The molecule has 0 bridgehead atoms. The zero-order valence-corrected chi connectivity index (χ0v) is 12.5. The first-order valence-electron chi connectivity index (χ1n) is 6.46. The number of hydrogen-bond acceptors (Lipinski definition) is 4. The van der Waals surface area contributed by atoms with Crippen LogP contribution in [0.5, 0.6) is 5.75 Å². The number of benzene rings is 2. The number of aliphatic carboxylic acids is 1. The van der Waals surface area contributed by atoms with Gasteiger partial charge in [-0.2, -0.15) is 0 Å². The number of halogens is 1. The van der Waals surface area contributed by atoms with Gasteiger partial charge in [0.2, 0.25) is 0 Å². The predicted octanol–water partition coefficient (Wildman–Crippen LogP) is 2.03. The van der Waals surface area contributed by atoms with Crippen LogP contribution in [0.4, 0.5) is 5.69 Å². The summed E-state index contributed by atoms with van der Waals surface area (Å²) in [5.41, 5.74) is 1.96. The van der Waals surface area contributed by atoms with Crippen molar-refractivity contribution >= 4 is 29.2 Å². The highest BCUT2D eigenvalue weighted by atomic mass is 35.5. The molecule has 0 atom stereocenters. The van der Waals surface area contributed by atoms with Crippen LogP contribution in [-0.4, -0.2) is 18.5 Å². The summed E-state index contributed by atoms with van der Waals surface area (Å²) < 4.78 is 4.94. The van der Waals surface area contributed by atoms with Crippen molar-refractivity contribution in [2.24, 2.45) is 0 Å². The minimum Gasteiger partial charge on any atom is -0.546 e. The van der Waals surface area contributed by atoms with Crippen LogP contribution >= 0.6 is 11.6 Å². The molecule has 0 unspecified atom stereocenters. The standard InChI is InChI=1S/C16H14ClNO4/c1-10-8-12(17)4-7-14(10)18-16(21)11-2-5-13(6-3-11)22-9-15(19)20/h2-8H,9H2,1H3,(H,18,21)(H,19,20)/p-1. The summed E-state index contributed by atoms with van der Waals surface area (Å²) in [5.74, 6) is -1.24. The quantitative estimate of drug-likeness (QED) is 0.915. The topological polar surface area (TPSA) is 78.5 Å². The smallest absolute Gasteiger partial charge is 0.255 e. The molecular weight excluding hydrogens is 306 g/mol. The summed E-state index contributed by atoms with van der Waals surface area (Å²) in [4.78, 5) is 22.4. The lowest BCUT2D eigenvalue weighted by Crippen LogP contribution is -2.28. The van der Waals surface area contributed by atoms with Gasteiger partial charge in [0.05, 0.1) is 5.97 Å². The molecule has 0 aromatic heterocycles. The van der Waals surface area contributed by atoms with Crippen molar-refractivity contribution in [3.8, 4) is 5.75 Å². The van der Waals surface area contributed by atoms with Gasteiger partial charge in [0.25, 0.3) is 5.91 Å². The fraction of sp³-hybridized carbons (Fsp3) is 0.125. The fourth-order valence-electron chi connectivity index (χ4n) is 1.81. The number of carboxylic acid groups (broad SMARTS) is 1. The Balaban J connectivity index is 2.04. The average Bonchev–Trinajstić information content (AvgIpc) is 2.48. The van der Waals surface area contributed by atoms with Crippen molar-refractivity contribution in [3.05, 3.63) is 58.6 Å². The number of aryl methyl sites for hydroxylation is 1. The Hall–Kier alpha value is -2.53.